The zero-order chi connectivity index (χ0) is 19.8. The summed E-state index contributed by atoms with van der Waals surface area (Å²) in [7, 11) is 0. The molecule has 0 unspecified atom stereocenters. The number of ether oxygens (including phenoxy) is 1. The van der Waals surface area contributed by atoms with Gasteiger partial charge in [0.25, 0.3) is 5.91 Å². The second-order valence-corrected chi connectivity index (χ2v) is 6.50. The van der Waals surface area contributed by atoms with Crippen LogP contribution in [0.25, 0.3) is 0 Å². The predicted molar refractivity (Wildman–Crippen MR) is 111 cm³/mol. The van der Waals surface area contributed by atoms with Crippen LogP contribution >= 0.6 is 12.2 Å². The van der Waals surface area contributed by atoms with E-state index < -0.39 is 0 Å². The fourth-order valence-corrected chi connectivity index (χ4v) is 2.40. The first-order valence-electron chi connectivity index (χ1n) is 8.65. The lowest BCUT2D eigenvalue weighted by atomic mass is 10.2. The lowest BCUT2D eigenvalue weighted by molar-refractivity contribution is -0.118. The molecule has 2 aromatic rings. The van der Waals surface area contributed by atoms with Crippen LogP contribution in [0, 0.1) is 5.92 Å². The second-order valence-electron chi connectivity index (χ2n) is 6.09. The fraction of sp³-hybridized carbons (Fsp3) is 0.250. The third-order valence-corrected chi connectivity index (χ3v) is 3.75. The van der Waals surface area contributed by atoms with Gasteiger partial charge in [-0.25, -0.2) is 0 Å². The van der Waals surface area contributed by atoms with Crippen LogP contribution in [-0.4, -0.2) is 23.5 Å². The van der Waals surface area contributed by atoms with Crippen molar-refractivity contribution in [1.82, 2.24) is 5.32 Å². The molecule has 0 aliphatic heterocycles. The van der Waals surface area contributed by atoms with Crippen molar-refractivity contribution >= 4 is 40.5 Å². The maximum atomic E-state index is 12.3. The van der Waals surface area contributed by atoms with E-state index in [-0.39, 0.29) is 22.8 Å². The minimum atomic E-state index is -0.335. The molecule has 0 atom stereocenters. The SMILES string of the molecule is CCOc1cccc(C(=O)NC(=S)Nc2cccc(NC(=O)C(C)C)c2)c1. The van der Waals surface area contributed by atoms with E-state index in [0.717, 1.165) is 0 Å². The minimum absolute atomic E-state index is 0.0720. The van der Waals surface area contributed by atoms with E-state index in [1.165, 1.54) is 0 Å². The standard InChI is InChI=1S/C20H23N3O3S/c1-4-26-17-10-5-7-14(11-17)19(25)23-20(27)22-16-9-6-8-15(12-16)21-18(24)13(2)3/h5-13H,4H2,1-3H3,(H,21,24)(H2,22,23,25,27). The van der Waals surface area contributed by atoms with Crippen molar-refractivity contribution in [3.63, 3.8) is 0 Å². The zero-order valence-corrected chi connectivity index (χ0v) is 16.4. The summed E-state index contributed by atoms with van der Waals surface area (Å²) in [5.41, 5.74) is 1.75. The number of rotatable bonds is 6. The number of carbonyl (C=O) groups excluding carboxylic acids is 2. The summed E-state index contributed by atoms with van der Waals surface area (Å²) < 4.78 is 5.40. The zero-order valence-electron chi connectivity index (χ0n) is 15.5. The Hall–Kier alpha value is -2.93. The minimum Gasteiger partial charge on any atom is -0.494 e. The number of carbonyl (C=O) groups is 2. The van der Waals surface area contributed by atoms with Crippen LogP contribution in [0.5, 0.6) is 5.75 Å². The van der Waals surface area contributed by atoms with Gasteiger partial charge in [-0.3, -0.25) is 14.9 Å². The molecular weight excluding hydrogens is 362 g/mol. The maximum absolute atomic E-state index is 12.3. The first kappa shape index (κ1) is 20.4. The number of hydrogen-bond donors (Lipinski definition) is 3. The van der Waals surface area contributed by atoms with Crippen molar-refractivity contribution in [3.8, 4) is 5.75 Å². The van der Waals surface area contributed by atoms with Crippen LogP contribution < -0.4 is 20.7 Å². The molecule has 142 valence electrons. The Kier molecular flexibility index (Phi) is 7.31. The Morgan fingerprint density at radius 2 is 1.70 bits per heavy atom. The van der Waals surface area contributed by atoms with E-state index in [1.807, 2.05) is 20.8 Å². The van der Waals surface area contributed by atoms with Gasteiger partial charge in [-0.2, -0.15) is 0 Å². The molecule has 2 amide bonds. The molecule has 0 fully saturated rings. The number of nitrogens with one attached hydrogen (secondary N) is 3. The highest BCUT2D eigenvalue weighted by atomic mass is 32.1. The highest BCUT2D eigenvalue weighted by Gasteiger charge is 2.10. The van der Waals surface area contributed by atoms with E-state index in [9.17, 15) is 9.59 Å². The van der Waals surface area contributed by atoms with E-state index in [1.54, 1.807) is 48.5 Å². The van der Waals surface area contributed by atoms with Crippen LogP contribution in [0.15, 0.2) is 48.5 Å². The number of benzene rings is 2. The highest BCUT2D eigenvalue weighted by molar-refractivity contribution is 7.80. The van der Waals surface area contributed by atoms with Gasteiger partial charge >= 0.3 is 0 Å². The molecule has 2 rings (SSSR count). The maximum Gasteiger partial charge on any atom is 0.257 e. The summed E-state index contributed by atoms with van der Waals surface area (Å²) in [6, 6.07) is 14.0. The fourth-order valence-electron chi connectivity index (χ4n) is 2.19. The number of thiocarbonyl (C=S) groups is 1. The molecule has 0 radical (unpaired) electrons. The molecule has 0 bridgehead atoms. The summed E-state index contributed by atoms with van der Waals surface area (Å²) in [4.78, 5) is 24.1. The number of anilines is 2. The van der Waals surface area contributed by atoms with Gasteiger partial charge < -0.3 is 15.4 Å². The van der Waals surface area contributed by atoms with E-state index in [2.05, 4.69) is 16.0 Å². The Bertz CT molecular complexity index is 837. The molecule has 0 aromatic heterocycles. The quantitative estimate of drug-likeness (QED) is 0.659. The van der Waals surface area contributed by atoms with Crippen molar-refractivity contribution in [2.75, 3.05) is 17.2 Å². The molecule has 0 saturated carbocycles. The largest absolute Gasteiger partial charge is 0.494 e. The molecule has 0 saturated heterocycles. The summed E-state index contributed by atoms with van der Waals surface area (Å²) in [5, 5.41) is 8.55. The summed E-state index contributed by atoms with van der Waals surface area (Å²) >= 11 is 5.21. The van der Waals surface area contributed by atoms with Gasteiger partial charge in [0.15, 0.2) is 5.11 Å². The lowest BCUT2D eigenvalue weighted by Gasteiger charge is -2.12. The molecule has 0 aliphatic rings. The van der Waals surface area contributed by atoms with Crippen molar-refractivity contribution in [2.24, 2.45) is 5.92 Å². The first-order chi connectivity index (χ1) is 12.9. The van der Waals surface area contributed by atoms with Gasteiger partial charge in [-0.05, 0) is 55.5 Å². The average Bonchev–Trinajstić information content (AvgIpc) is 2.62. The first-order valence-corrected chi connectivity index (χ1v) is 9.06. The van der Waals surface area contributed by atoms with Gasteiger partial charge in [0.05, 0.1) is 6.61 Å². The van der Waals surface area contributed by atoms with Crippen LogP contribution in [0.2, 0.25) is 0 Å². The monoisotopic (exact) mass is 385 g/mol. The lowest BCUT2D eigenvalue weighted by Crippen LogP contribution is -2.34. The topological polar surface area (TPSA) is 79.5 Å². The summed E-state index contributed by atoms with van der Waals surface area (Å²) in [6.45, 7) is 6.05. The average molecular weight is 385 g/mol. The molecule has 0 heterocycles. The summed E-state index contributed by atoms with van der Waals surface area (Å²) in [5.74, 6) is 0.0996. The van der Waals surface area contributed by atoms with Crippen LogP contribution in [0.4, 0.5) is 11.4 Å². The number of hydrogen-bond acceptors (Lipinski definition) is 4. The van der Waals surface area contributed by atoms with Crippen molar-refractivity contribution in [3.05, 3.63) is 54.1 Å². The smallest absolute Gasteiger partial charge is 0.257 e. The van der Waals surface area contributed by atoms with E-state index >= 15 is 0 Å². The van der Waals surface area contributed by atoms with Crippen molar-refractivity contribution < 1.29 is 14.3 Å². The summed E-state index contributed by atoms with van der Waals surface area (Å²) in [6.07, 6.45) is 0. The molecular formula is C20H23N3O3S. The molecule has 6 nitrogen and oxygen atoms in total. The Morgan fingerprint density at radius 1 is 1.04 bits per heavy atom. The predicted octanol–water partition coefficient (Wildman–Crippen LogP) is 3.81. The molecule has 7 heteroatoms. The molecule has 2 aromatic carbocycles. The second kappa shape index (κ2) is 9.68. The van der Waals surface area contributed by atoms with Gasteiger partial charge in [0.2, 0.25) is 5.91 Å². The van der Waals surface area contributed by atoms with Crippen molar-refractivity contribution in [2.45, 2.75) is 20.8 Å². The Morgan fingerprint density at radius 3 is 2.37 bits per heavy atom. The third-order valence-electron chi connectivity index (χ3n) is 3.55. The van der Waals surface area contributed by atoms with Gasteiger partial charge in [0, 0.05) is 22.9 Å². The van der Waals surface area contributed by atoms with Crippen LogP contribution in [0.3, 0.4) is 0 Å². The van der Waals surface area contributed by atoms with Gasteiger partial charge in [-0.1, -0.05) is 26.0 Å². The molecule has 0 spiro atoms. The van der Waals surface area contributed by atoms with Gasteiger partial charge in [0.1, 0.15) is 5.75 Å². The van der Waals surface area contributed by atoms with Gasteiger partial charge in [-0.15, -0.1) is 0 Å². The van der Waals surface area contributed by atoms with E-state index in [4.69, 9.17) is 17.0 Å². The molecule has 0 aliphatic carbocycles. The molecule has 27 heavy (non-hydrogen) atoms. The highest BCUT2D eigenvalue weighted by Crippen LogP contribution is 2.16. The Balaban J connectivity index is 1.98. The normalized spacial score (nSPS) is 10.2. The molecule has 3 N–H and O–H groups in total. The Labute approximate surface area is 164 Å². The van der Waals surface area contributed by atoms with Crippen LogP contribution in [-0.2, 0) is 4.79 Å². The van der Waals surface area contributed by atoms with Crippen molar-refractivity contribution in [1.29, 1.82) is 0 Å². The number of amides is 2. The third kappa shape index (κ3) is 6.38. The van der Waals surface area contributed by atoms with E-state index in [0.29, 0.717) is 29.3 Å². The van der Waals surface area contributed by atoms with Crippen LogP contribution in [0.1, 0.15) is 31.1 Å².